The third-order valence-corrected chi connectivity index (χ3v) is 3.10. The van der Waals surface area contributed by atoms with Gasteiger partial charge in [0, 0.05) is 0 Å². The van der Waals surface area contributed by atoms with Gasteiger partial charge in [-0.05, 0) is 19.1 Å². The number of aromatic nitrogens is 3. The van der Waals surface area contributed by atoms with Gasteiger partial charge in [0.1, 0.15) is 12.1 Å². The van der Waals surface area contributed by atoms with Crippen LogP contribution in [0.25, 0.3) is 0 Å². The lowest BCUT2D eigenvalue weighted by Crippen LogP contribution is -1.98. The molecule has 0 spiro atoms. The molecule has 2 heterocycles. The first-order valence-corrected chi connectivity index (χ1v) is 5.78. The van der Waals surface area contributed by atoms with Crippen molar-refractivity contribution >= 4 is 17.7 Å². The largest absolute Gasteiger partial charge is 0.463 e. The summed E-state index contributed by atoms with van der Waals surface area (Å²) in [5, 5.41) is 7.23. The van der Waals surface area contributed by atoms with Crippen LogP contribution in [0.3, 0.4) is 0 Å². The number of H-pyrrole nitrogens is 1. The van der Waals surface area contributed by atoms with Gasteiger partial charge in [-0.2, -0.15) is 5.10 Å². The zero-order valence-electron chi connectivity index (χ0n) is 9.34. The van der Waals surface area contributed by atoms with Gasteiger partial charge < -0.3 is 9.15 Å². The van der Waals surface area contributed by atoms with Crippen molar-refractivity contribution in [2.45, 2.75) is 17.3 Å². The number of carbonyl (C=O) groups is 1. The molecule has 17 heavy (non-hydrogen) atoms. The fourth-order valence-electron chi connectivity index (χ4n) is 1.26. The van der Waals surface area contributed by atoms with E-state index in [2.05, 4.69) is 19.9 Å². The van der Waals surface area contributed by atoms with E-state index in [-0.39, 0.29) is 11.0 Å². The molecule has 0 radical (unpaired) electrons. The highest BCUT2D eigenvalue weighted by atomic mass is 32.2. The molecule has 0 bridgehead atoms. The number of hydrogen-bond donors (Lipinski definition) is 1. The molecule has 7 heteroatoms. The zero-order chi connectivity index (χ0) is 12.3. The molecule has 6 nitrogen and oxygen atoms in total. The first-order valence-electron chi connectivity index (χ1n) is 4.90. The summed E-state index contributed by atoms with van der Waals surface area (Å²) in [5.41, 5.74) is 0. The van der Waals surface area contributed by atoms with Gasteiger partial charge in [-0.15, -0.1) is 0 Å². The Morgan fingerprint density at radius 3 is 3.06 bits per heavy atom. The highest BCUT2D eigenvalue weighted by molar-refractivity contribution is 7.99. The van der Waals surface area contributed by atoms with Crippen molar-refractivity contribution in [2.75, 3.05) is 7.11 Å². The van der Waals surface area contributed by atoms with Crippen LogP contribution in [0.1, 0.15) is 28.5 Å². The minimum atomic E-state index is -0.479. The van der Waals surface area contributed by atoms with Gasteiger partial charge in [0.2, 0.25) is 5.76 Å². The summed E-state index contributed by atoms with van der Waals surface area (Å²) >= 11 is 1.46. The van der Waals surface area contributed by atoms with Crippen LogP contribution in [-0.2, 0) is 4.74 Å². The van der Waals surface area contributed by atoms with Crippen LogP contribution in [0, 0.1) is 0 Å². The molecule has 1 N–H and O–H groups in total. The lowest BCUT2D eigenvalue weighted by Gasteiger charge is -2.04. The number of hydrogen-bond acceptors (Lipinski definition) is 6. The minimum absolute atomic E-state index is 0.0290. The van der Waals surface area contributed by atoms with E-state index >= 15 is 0 Å². The van der Waals surface area contributed by atoms with E-state index in [0.29, 0.717) is 10.9 Å². The average molecular weight is 253 g/mol. The number of rotatable bonds is 4. The summed E-state index contributed by atoms with van der Waals surface area (Å²) in [6.07, 6.45) is 1.44. The van der Waals surface area contributed by atoms with Crippen LogP contribution >= 0.6 is 11.8 Å². The second-order valence-electron chi connectivity index (χ2n) is 3.24. The molecule has 2 rings (SSSR count). The van der Waals surface area contributed by atoms with E-state index in [4.69, 9.17) is 4.42 Å². The Hall–Kier alpha value is -1.76. The number of furan rings is 1. The molecule has 0 saturated heterocycles. The summed E-state index contributed by atoms with van der Waals surface area (Å²) in [7, 11) is 1.32. The quantitative estimate of drug-likeness (QED) is 0.663. The van der Waals surface area contributed by atoms with E-state index < -0.39 is 5.97 Å². The standard InChI is InChI=1S/C10H11N3O3S/c1-6(17-10-11-5-12-13-10)7-3-4-8(16-7)9(14)15-2/h3-6H,1-2H3,(H,11,12,13)/t6-/m1/s1. The number of ether oxygens (including phenoxy) is 1. The normalized spacial score (nSPS) is 12.4. The molecule has 0 saturated carbocycles. The van der Waals surface area contributed by atoms with E-state index in [9.17, 15) is 4.79 Å². The number of aromatic amines is 1. The van der Waals surface area contributed by atoms with Crippen LogP contribution in [0.5, 0.6) is 0 Å². The number of methoxy groups -OCH3 is 1. The van der Waals surface area contributed by atoms with E-state index in [1.807, 2.05) is 6.92 Å². The van der Waals surface area contributed by atoms with Crippen molar-refractivity contribution in [1.82, 2.24) is 15.2 Å². The first-order chi connectivity index (χ1) is 8.20. The maximum absolute atomic E-state index is 11.2. The lowest BCUT2D eigenvalue weighted by atomic mass is 10.3. The van der Waals surface area contributed by atoms with Crippen LogP contribution in [0.2, 0.25) is 0 Å². The van der Waals surface area contributed by atoms with Crippen molar-refractivity contribution in [2.24, 2.45) is 0 Å². The lowest BCUT2D eigenvalue weighted by molar-refractivity contribution is 0.0563. The molecule has 0 unspecified atom stereocenters. The molecule has 2 aromatic heterocycles. The Labute approximate surface area is 102 Å². The monoisotopic (exact) mass is 253 g/mol. The molecular formula is C10H11N3O3S. The van der Waals surface area contributed by atoms with Crippen LogP contribution < -0.4 is 0 Å². The van der Waals surface area contributed by atoms with Gasteiger partial charge in [-0.25, -0.2) is 9.78 Å². The fourth-order valence-corrected chi connectivity index (χ4v) is 2.05. The molecule has 0 aliphatic heterocycles. The Balaban J connectivity index is 2.07. The predicted molar refractivity (Wildman–Crippen MR) is 60.7 cm³/mol. The zero-order valence-corrected chi connectivity index (χ0v) is 10.2. The second kappa shape index (κ2) is 5.05. The van der Waals surface area contributed by atoms with Crippen LogP contribution in [0.4, 0.5) is 0 Å². The Morgan fingerprint density at radius 1 is 1.59 bits per heavy atom. The Morgan fingerprint density at radius 2 is 2.41 bits per heavy atom. The third kappa shape index (κ3) is 2.68. The summed E-state index contributed by atoms with van der Waals surface area (Å²) in [6.45, 7) is 1.95. The summed E-state index contributed by atoms with van der Waals surface area (Å²) in [6, 6.07) is 3.35. The molecule has 0 fully saturated rings. The first kappa shape index (κ1) is 11.7. The number of nitrogens with one attached hydrogen (secondary N) is 1. The van der Waals surface area contributed by atoms with Crippen molar-refractivity contribution in [3.63, 3.8) is 0 Å². The molecule has 90 valence electrons. The highest BCUT2D eigenvalue weighted by Gasteiger charge is 2.16. The Bertz CT molecular complexity index is 495. The molecule has 0 aromatic carbocycles. The van der Waals surface area contributed by atoms with Crippen LogP contribution in [-0.4, -0.2) is 28.3 Å². The second-order valence-corrected chi connectivity index (χ2v) is 4.57. The number of thioether (sulfide) groups is 1. The van der Waals surface area contributed by atoms with Crippen LogP contribution in [0.15, 0.2) is 28.0 Å². The third-order valence-electron chi connectivity index (χ3n) is 2.10. The average Bonchev–Trinajstić information content (AvgIpc) is 2.98. The highest BCUT2D eigenvalue weighted by Crippen LogP contribution is 2.33. The van der Waals surface area contributed by atoms with Crippen molar-refractivity contribution < 1.29 is 13.9 Å². The van der Waals surface area contributed by atoms with E-state index in [1.165, 1.54) is 25.2 Å². The van der Waals surface area contributed by atoms with Crippen molar-refractivity contribution in [1.29, 1.82) is 0 Å². The molecule has 0 aliphatic carbocycles. The summed E-state index contributed by atoms with van der Waals surface area (Å²) < 4.78 is 9.96. The minimum Gasteiger partial charge on any atom is -0.463 e. The van der Waals surface area contributed by atoms with Gasteiger partial charge in [-0.3, -0.25) is 5.10 Å². The smallest absolute Gasteiger partial charge is 0.373 e. The Kier molecular flexibility index (Phi) is 3.48. The van der Waals surface area contributed by atoms with Crippen molar-refractivity contribution in [3.05, 3.63) is 30.0 Å². The molecular weight excluding hydrogens is 242 g/mol. The summed E-state index contributed by atoms with van der Waals surface area (Å²) in [4.78, 5) is 15.2. The number of nitrogens with zero attached hydrogens (tertiary/aromatic N) is 2. The topological polar surface area (TPSA) is 81.0 Å². The van der Waals surface area contributed by atoms with Gasteiger partial charge in [0.05, 0.1) is 12.4 Å². The maximum atomic E-state index is 11.2. The van der Waals surface area contributed by atoms with Gasteiger partial charge in [-0.1, -0.05) is 11.8 Å². The predicted octanol–water partition coefficient (Wildman–Crippen LogP) is 2.04. The van der Waals surface area contributed by atoms with Gasteiger partial charge >= 0.3 is 5.97 Å². The van der Waals surface area contributed by atoms with Crippen molar-refractivity contribution in [3.8, 4) is 0 Å². The molecule has 0 aliphatic rings. The number of carbonyl (C=O) groups excluding carboxylic acids is 1. The van der Waals surface area contributed by atoms with E-state index in [1.54, 1.807) is 12.1 Å². The number of esters is 1. The van der Waals surface area contributed by atoms with Gasteiger partial charge in [0.25, 0.3) is 0 Å². The fraction of sp³-hybridized carbons (Fsp3) is 0.300. The SMILES string of the molecule is COC(=O)c1ccc([C@@H](C)Sc2ncn[nH]2)o1. The van der Waals surface area contributed by atoms with E-state index in [0.717, 1.165) is 0 Å². The van der Waals surface area contributed by atoms with Gasteiger partial charge in [0.15, 0.2) is 5.16 Å². The molecule has 0 amide bonds. The summed E-state index contributed by atoms with van der Waals surface area (Å²) in [5.74, 6) is 0.410. The molecule has 2 aromatic rings. The maximum Gasteiger partial charge on any atom is 0.373 e. The molecule has 1 atom stereocenters.